The maximum absolute atomic E-state index is 13.9. The first-order valence-corrected chi connectivity index (χ1v) is 11.7. The van der Waals surface area contributed by atoms with Gasteiger partial charge in [-0.2, -0.15) is 0 Å². The number of benzene rings is 3. The molecule has 0 bridgehead atoms. The van der Waals surface area contributed by atoms with Crippen molar-refractivity contribution in [1.82, 2.24) is 0 Å². The van der Waals surface area contributed by atoms with Crippen LogP contribution in [0.1, 0.15) is 11.1 Å². The van der Waals surface area contributed by atoms with E-state index in [4.69, 9.17) is 0 Å². The van der Waals surface area contributed by atoms with Gasteiger partial charge in [0.25, 0.3) is 10.0 Å². The van der Waals surface area contributed by atoms with Crippen LogP contribution in [0.15, 0.2) is 86.9 Å². The Bertz CT molecular complexity index is 1230. The Labute approximate surface area is 187 Å². The first-order chi connectivity index (χ1) is 14.3. The maximum atomic E-state index is 13.9. The van der Waals surface area contributed by atoms with Gasteiger partial charge in [-0.1, -0.05) is 55.3 Å². The molecule has 0 radical (unpaired) electrons. The predicted molar refractivity (Wildman–Crippen MR) is 124 cm³/mol. The van der Waals surface area contributed by atoms with Crippen LogP contribution in [0.3, 0.4) is 0 Å². The monoisotopic (exact) mass is 505 g/mol. The minimum Gasteiger partial charge on any atom is -0.506 e. The Kier molecular flexibility index (Phi) is 6.70. The lowest BCUT2D eigenvalue weighted by Gasteiger charge is -2.17. The Hall–Kier alpha value is -2.55. The van der Waals surface area contributed by atoms with Crippen LogP contribution in [0.5, 0.6) is 5.75 Å². The van der Waals surface area contributed by atoms with Crippen molar-refractivity contribution in [1.29, 1.82) is 0 Å². The van der Waals surface area contributed by atoms with Gasteiger partial charge < -0.3 is 5.11 Å². The Morgan fingerprint density at radius 2 is 1.70 bits per heavy atom. The van der Waals surface area contributed by atoms with Crippen LogP contribution in [0.2, 0.25) is 0 Å². The number of anilines is 1. The van der Waals surface area contributed by atoms with E-state index in [1.54, 1.807) is 0 Å². The molecule has 3 aromatic rings. The number of hydrogen-bond donors (Lipinski definition) is 2. The molecule has 0 saturated carbocycles. The van der Waals surface area contributed by atoms with E-state index in [9.17, 15) is 17.9 Å². The third-order valence-corrected chi connectivity index (χ3v) is 7.21. The van der Waals surface area contributed by atoms with Gasteiger partial charge in [0.15, 0.2) is 0 Å². The van der Waals surface area contributed by atoms with Crippen molar-refractivity contribution in [3.8, 4) is 5.75 Å². The first-order valence-electron chi connectivity index (χ1n) is 8.62. The molecule has 3 rings (SSSR count). The molecule has 2 N–H and O–H groups in total. The van der Waals surface area contributed by atoms with Gasteiger partial charge in [-0.15, -0.1) is 0 Å². The molecule has 0 fully saturated rings. The highest BCUT2D eigenvalue weighted by molar-refractivity contribution is 9.10. The van der Waals surface area contributed by atoms with Crippen LogP contribution in [0.25, 0.3) is 12.2 Å². The normalized spacial score (nSPS) is 11.1. The number of phenols is 1. The zero-order chi connectivity index (χ0) is 21.9. The summed E-state index contributed by atoms with van der Waals surface area (Å²) in [7, 11) is -4.10. The second-order valence-electron chi connectivity index (χ2n) is 6.10. The highest BCUT2D eigenvalue weighted by atomic mass is 79.9. The molecule has 0 heterocycles. The largest absolute Gasteiger partial charge is 0.506 e. The fourth-order valence-corrected chi connectivity index (χ4v) is 4.99. The molecule has 0 aromatic heterocycles. The Morgan fingerprint density at radius 1 is 1.03 bits per heavy atom. The molecular weight excluding hydrogens is 489 g/mol. The van der Waals surface area contributed by atoms with Crippen molar-refractivity contribution in [3.05, 3.63) is 89.2 Å². The molecule has 0 atom stereocenters. The zero-order valence-electron chi connectivity index (χ0n) is 15.6. The topological polar surface area (TPSA) is 66.4 Å². The van der Waals surface area contributed by atoms with Crippen LogP contribution < -0.4 is 4.72 Å². The zero-order valence-corrected chi connectivity index (χ0v) is 18.8. The number of phenolic OH excluding ortho intramolecular Hbond substituents is 1. The molecule has 3 aromatic carbocycles. The smallest absolute Gasteiger partial charge is 0.262 e. The van der Waals surface area contributed by atoms with Gasteiger partial charge in [-0.05, 0) is 52.3 Å². The van der Waals surface area contributed by atoms with Gasteiger partial charge in [-0.25, -0.2) is 12.8 Å². The number of halogens is 2. The Morgan fingerprint density at radius 3 is 2.30 bits per heavy atom. The van der Waals surface area contributed by atoms with Crippen LogP contribution in [-0.4, -0.2) is 13.5 Å². The SMILES string of the molecule is C=Cc1c(NS(=O)(=O)c2ccc(Br)c(F)c2)cc(Sc2ccccc2)c(O)c1C=C. The van der Waals surface area contributed by atoms with E-state index < -0.39 is 15.8 Å². The standard InChI is InChI=1S/C22H17BrFNO3S2/c1-3-16-17(4-2)22(26)21(29-14-8-6-5-7-9-14)13-20(16)25-30(27,28)15-10-11-18(23)19(24)12-15/h3-13,25-26H,1-2H2. The number of aromatic hydroxyl groups is 1. The number of sulfonamides is 1. The van der Waals surface area contributed by atoms with Crippen molar-refractivity contribution in [2.75, 3.05) is 4.72 Å². The molecule has 30 heavy (non-hydrogen) atoms. The fraction of sp³-hybridized carbons (Fsp3) is 0. The second-order valence-corrected chi connectivity index (χ2v) is 9.76. The minimum atomic E-state index is -4.10. The molecule has 0 spiro atoms. The first kappa shape index (κ1) is 22.1. The van der Waals surface area contributed by atoms with Crippen LogP contribution >= 0.6 is 27.7 Å². The van der Waals surface area contributed by atoms with Crippen LogP contribution in [-0.2, 0) is 10.0 Å². The van der Waals surface area contributed by atoms with E-state index in [0.717, 1.165) is 11.0 Å². The summed E-state index contributed by atoms with van der Waals surface area (Å²) >= 11 is 4.28. The van der Waals surface area contributed by atoms with Gasteiger partial charge in [0.1, 0.15) is 11.6 Å². The van der Waals surface area contributed by atoms with Crippen molar-refractivity contribution < 1.29 is 17.9 Å². The van der Waals surface area contributed by atoms with E-state index in [2.05, 4.69) is 33.8 Å². The van der Waals surface area contributed by atoms with E-state index in [1.165, 1.54) is 42.1 Å². The molecule has 0 aliphatic heterocycles. The summed E-state index contributed by atoms with van der Waals surface area (Å²) in [6, 6.07) is 14.4. The van der Waals surface area contributed by atoms with Gasteiger partial charge in [0, 0.05) is 16.0 Å². The Balaban J connectivity index is 2.10. The molecule has 8 heteroatoms. The third-order valence-electron chi connectivity index (χ3n) is 4.17. The summed E-state index contributed by atoms with van der Waals surface area (Å²) in [5.74, 6) is -0.731. The van der Waals surface area contributed by atoms with E-state index >= 15 is 0 Å². The number of rotatable bonds is 7. The van der Waals surface area contributed by atoms with E-state index in [-0.39, 0.29) is 20.8 Å². The summed E-state index contributed by atoms with van der Waals surface area (Å²) < 4.78 is 42.2. The van der Waals surface area contributed by atoms with Crippen molar-refractivity contribution in [3.63, 3.8) is 0 Å². The lowest BCUT2D eigenvalue weighted by Crippen LogP contribution is -2.14. The summed E-state index contributed by atoms with van der Waals surface area (Å²) in [4.78, 5) is 1.06. The van der Waals surface area contributed by atoms with Gasteiger partial charge >= 0.3 is 0 Å². The molecule has 4 nitrogen and oxygen atoms in total. The lowest BCUT2D eigenvalue weighted by atomic mass is 10.0. The highest BCUT2D eigenvalue weighted by Crippen LogP contribution is 2.42. The molecular formula is C22H17BrFNO3S2. The summed E-state index contributed by atoms with van der Waals surface area (Å²) in [5, 5.41) is 10.7. The highest BCUT2D eigenvalue weighted by Gasteiger charge is 2.21. The molecule has 154 valence electrons. The van der Waals surface area contributed by atoms with E-state index in [0.29, 0.717) is 16.0 Å². The molecule has 0 aliphatic carbocycles. The lowest BCUT2D eigenvalue weighted by molar-refractivity contribution is 0.461. The molecule has 0 amide bonds. The summed E-state index contributed by atoms with van der Waals surface area (Å²) in [5.41, 5.74) is 0.895. The molecule has 0 saturated heterocycles. The van der Waals surface area contributed by atoms with E-state index in [1.807, 2.05) is 30.3 Å². The van der Waals surface area contributed by atoms with Gasteiger partial charge in [-0.3, -0.25) is 4.72 Å². The van der Waals surface area contributed by atoms with Crippen LogP contribution in [0.4, 0.5) is 10.1 Å². The fourth-order valence-electron chi connectivity index (χ4n) is 2.73. The van der Waals surface area contributed by atoms with Crippen LogP contribution in [0, 0.1) is 5.82 Å². The van der Waals surface area contributed by atoms with Crippen molar-refractivity contribution in [2.24, 2.45) is 0 Å². The van der Waals surface area contributed by atoms with Gasteiger partial charge in [0.05, 0.1) is 20.0 Å². The average Bonchev–Trinajstić information content (AvgIpc) is 2.72. The summed E-state index contributed by atoms with van der Waals surface area (Å²) in [6.45, 7) is 7.43. The quantitative estimate of drug-likeness (QED) is 0.358. The van der Waals surface area contributed by atoms with Crippen molar-refractivity contribution >= 4 is 55.6 Å². The summed E-state index contributed by atoms with van der Waals surface area (Å²) in [6.07, 6.45) is 2.85. The molecule has 0 aliphatic rings. The predicted octanol–water partition coefficient (Wildman–Crippen LogP) is 6.53. The third kappa shape index (κ3) is 4.61. The second kappa shape index (κ2) is 9.07. The number of hydrogen-bond acceptors (Lipinski definition) is 4. The minimum absolute atomic E-state index is 0.0358. The number of nitrogens with one attached hydrogen (secondary N) is 1. The average molecular weight is 506 g/mol. The maximum Gasteiger partial charge on any atom is 0.262 e. The van der Waals surface area contributed by atoms with Crippen molar-refractivity contribution in [2.45, 2.75) is 14.7 Å². The molecule has 0 unspecified atom stereocenters. The van der Waals surface area contributed by atoms with Gasteiger partial charge in [0.2, 0.25) is 0 Å².